The molecule has 0 aliphatic carbocycles. The molecule has 0 aliphatic rings. The SMILES string of the molecule is C[C@H](Cn1cc([N+](=O)[O-])cn1)c1ccccc1. The first-order chi connectivity index (χ1) is 8.16. The van der Waals surface area contributed by atoms with Crippen LogP contribution < -0.4 is 0 Å². The Morgan fingerprint density at radius 2 is 2.12 bits per heavy atom. The average molecular weight is 231 g/mol. The largest absolute Gasteiger partial charge is 0.306 e. The third-order valence-corrected chi connectivity index (χ3v) is 2.66. The summed E-state index contributed by atoms with van der Waals surface area (Å²) in [5.74, 6) is 0.274. The zero-order chi connectivity index (χ0) is 12.3. The molecule has 0 aliphatic heterocycles. The summed E-state index contributed by atoms with van der Waals surface area (Å²) in [7, 11) is 0. The molecular weight excluding hydrogens is 218 g/mol. The third kappa shape index (κ3) is 2.69. The number of rotatable bonds is 4. The van der Waals surface area contributed by atoms with Crippen LogP contribution in [0.2, 0.25) is 0 Å². The van der Waals surface area contributed by atoms with Crippen molar-refractivity contribution in [1.29, 1.82) is 0 Å². The summed E-state index contributed by atoms with van der Waals surface area (Å²) in [5.41, 5.74) is 1.23. The molecule has 0 fully saturated rings. The average Bonchev–Trinajstić information content (AvgIpc) is 2.79. The molecule has 5 heteroatoms. The van der Waals surface area contributed by atoms with Gasteiger partial charge in [0.2, 0.25) is 0 Å². The molecule has 88 valence electrons. The number of hydrogen-bond acceptors (Lipinski definition) is 3. The lowest BCUT2D eigenvalue weighted by Crippen LogP contribution is -2.06. The van der Waals surface area contributed by atoms with Crippen molar-refractivity contribution in [2.45, 2.75) is 19.4 Å². The van der Waals surface area contributed by atoms with Crippen molar-refractivity contribution in [3.05, 3.63) is 58.4 Å². The van der Waals surface area contributed by atoms with Crippen molar-refractivity contribution >= 4 is 5.69 Å². The van der Waals surface area contributed by atoms with Gasteiger partial charge in [0.25, 0.3) is 0 Å². The summed E-state index contributed by atoms with van der Waals surface area (Å²) in [5, 5.41) is 14.5. The van der Waals surface area contributed by atoms with Crippen LogP contribution in [0.3, 0.4) is 0 Å². The van der Waals surface area contributed by atoms with Crippen molar-refractivity contribution in [2.24, 2.45) is 0 Å². The summed E-state index contributed by atoms with van der Waals surface area (Å²) < 4.78 is 1.61. The highest BCUT2D eigenvalue weighted by molar-refractivity contribution is 5.22. The Morgan fingerprint density at radius 3 is 2.71 bits per heavy atom. The Bertz CT molecular complexity index is 507. The molecule has 0 N–H and O–H groups in total. The minimum Gasteiger partial charge on any atom is -0.265 e. The summed E-state index contributed by atoms with van der Waals surface area (Å²) in [6.07, 6.45) is 2.73. The van der Waals surface area contributed by atoms with Gasteiger partial charge in [-0.2, -0.15) is 5.10 Å². The summed E-state index contributed by atoms with van der Waals surface area (Å²) in [6.45, 7) is 2.71. The molecule has 2 rings (SSSR count). The normalized spacial score (nSPS) is 12.3. The van der Waals surface area contributed by atoms with Crippen LogP contribution in [0.25, 0.3) is 0 Å². The number of benzene rings is 1. The number of nitrogens with zero attached hydrogens (tertiary/aromatic N) is 3. The number of hydrogen-bond donors (Lipinski definition) is 0. The van der Waals surface area contributed by atoms with E-state index in [-0.39, 0.29) is 11.6 Å². The lowest BCUT2D eigenvalue weighted by Gasteiger charge is -2.11. The predicted molar refractivity (Wildman–Crippen MR) is 63.7 cm³/mol. The molecule has 0 saturated heterocycles. The molecule has 17 heavy (non-hydrogen) atoms. The quantitative estimate of drug-likeness (QED) is 0.600. The lowest BCUT2D eigenvalue weighted by molar-refractivity contribution is -0.385. The van der Waals surface area contributed by atoms with E-state index in [0.29, 0.717) is 6.54 Å². The minimum atomic E-state index is -0.434. The van der Waals surface area contributed by atoms with Gasteiger partial charge in [0, 0.05) is 12.5 Å². The Balaban J connectivity index is 2.08. The first-order valence-corrected chi connectivity index (χ1v) is 5.38. The van der Waals surface area contributed by atoms with Crippen LogP contribution >= 0.6 is 0 Å². The van der Waals surface area contributed by atoms with E-state index in [1.807, 2.05) is 30.3 Å². The maximum absolute atomic E-state index is 10.5. The summed E-state index contributed by atoms with van der Waals surface area (Å²) >= 11 is 0. The highest BCUT2D eigenvalue weighted by Gasteiger charge is 2.11. The molecule has 1 atom stereocenters. The molecular formula is C12H13N3O2. The monoisotopic (exact) mass is 231 g/mol. The van der Waals surface area contributed by atoms with Crippen molar-refractivity contribution in [3.8, 4) is 0 Å². The van der Waals surface area contributed by atoms with Crippen LogP contribution in [0, 0.1) is 10.1 Å². The maximum atomic E-state index is 10.5. The Kier molecular flexibility index (Phi) is 3.18. The van der Waals surface area contributed by atoms with Crippen LogP contribution in [0.5, 0.6) is 0 Å². The van der Waals surface area contributed by atoms with Crippen LogP contribution in [0.15, 0.2) is 42.7 Å². The van der Waals surface area contributed by atoms with Crippen LogP contribution in [0.1, 0.15) is 18.4 Å². The Morgan fingerprint density at radius 1 is 1.41 bits per heavy atom. The van der Waals surface area contributed by atoms with Crippen molar-refractivity contribution < 1.29 is 4.92 Å². The molecule has 2 aromatic rings. The van der Waals surface area contributed by atoms with E-state index in [9.17, 15) is 10.1 Å². The van der Waals surface area contributed by atoms with Gasteiger partial charge in [0.1, 0.15) is 12.4 Å². The van der Waals surface area contributed by atoms with E-state index in [2.05, 4.69) is 12.0 Å². The van der Waals surface area contributed by atoms with Gasteiger partial charge in [0.15, 0.2) is 0 Å². The zero-order valence-electron chi connectivity index (χ0n) is 9.48. The van der Waals surface area contributed by atoms with E-state index < -0.39 is 4.92 Å². The van der Waals surface area contributed by atoms with E-state index in [0.717, 1.165) is 0 Å². The fraction of sp³-hybridized carbons (Fsp3) is 0.250. The van der Waals surface area contributed by atoms with Crippen LogP contribution in [0.4, 0.5) is 5.69 Å². The van der Waals surface area contributed by atoms with E-state index in [1.165, 1.54) is 18.0 Å². The van der Waals surface area contributed by atoms with Gasteiger partial charge in [-0.3, -0.25) is 14.8 Å². The van der Waals surface area contributed by atoms with E-state index >= 15 is 0 Å². The zero-order valence-corrected chi connectivity index (χ0v) is 9.48. The molecule has 0 saturated carbocycles. The second kappa shape index (κ2) is 4.78. The topological polar surface area (TPSA) is 61.0 Å². The Labute approximate surface area is 98.8 Å². The van der Waals surface area contributed by atoms with Gasteiger partial charge in [-0.1, -0.05) is 37.3 Å². The molecule has 1 heterocycles. The van der Waals surface area contributed by atoms with Crippen molar-refractivity contribution in [1.82, 2.24) is 9.78 Å². The first kappa shape index (κ1) is 11.3. The molecule has 0 unspecified atom stereocenters. The van der Waals surface area contributed by atoms with Crippen LogP contribution in [-0.2, 0) is 6.54 Å². The summed E-state index contributed by atoms with van der Waals surface area (Å²) in [6, 6.07) is 10.0. The molecule has 0 bridgehead atoms. The third-order valence-electron chi connectivity index (χ3n) is 2.66. The number of aromatic nitrogens is 2. The summed E-state index contributed by atoms with van der Waals surface area (Å²) in [4.78, 5) is 10.1. The molecule has 1 aromatic heterocycles. The van der Waals surface area contributed by atoms with Gasteiger partial charge >= 0.3 is 5.69 Å². The van der Waals surface area contributed by atoms with Crippen molar-refractivity contribution in [3.63, 3.8) is 0 Å². The highest BCUT2D eigenvalue weighted by Crippen LogP contribution is 2.17. The second-order valence-corrected chi connectivity index (χ2v) is 3.99. The molecule has 0 spiro atoms. The van der Waals surface area contributed by atoms with Crippen molar-refractivity contribution in [2.75, 3.05) is 0 Å². The molecule has 5 nitrogen and oxygen atoms in total. The van der Waals surface area contributed by atoms with E-state index in [4.69, 9.17) is 0 Å². The van der Waals surface area contributed by atoms with Gasteiger partial charge in [-0.05, 0) is 5.56 Å². The standard InChI is InChI=1S/C12H13N3O2/c1-10(11-5-3-2-4-6-11)8-14-9-12(7-13-14)15(16)17/h2-7,9-10H,8H2,1H3/t10-/m1/s1. The van der Waals surface area contributed by atoms with Gasteiger partial charge in [-0.25, -0.2) is 0 Å². The maximum Gasteiger partial charge on any atom is 0.306 e. The van der Waals surface area contributed by atoms with E-state index in [1.54, 1.807) is 4.68 Å². The predicted octanol–water partition coefficient (Wildman–Crippen LogP) is 2.60. The fourth-order valence-corrected chi connectivity index (χ4v) is 1.71. The van der Waals surface area contributed by atoms with Gasteiger partial charge in [-0.15, -0.1) is 0 Å². The smallest absolute Gasteiger partial charge is 0.265 e. The number of nitro groups is 1. The van der Waals surface area contributed by atoms with Gasteiger partial charge in [0.05, 0.1) is 4.92 Å². The first-order valence-electron chi connectivity index (χ1n) is 5.38. The lowest BCUT2D eigenvalue weighted by atomic mass is 10.0. The highest BCUT2D eigenvalue weighted by atomic mass is 16.6. The van der Waals surface area contributed by atoms with Gasteiger partial charge < -0.3 is 0 Å². The minimum absolute atomic E-state index is 0.0326. The Hall–Kier alpha value is -2.17. The van der Waals surface area contributed by atoms with Crippen LogP contribution in [-0.4, -0.2) is 14.7 Å². The molecule has 1 aromatic carbocycles. The molecule has 0 radical (unpaired) electrons. The second-order valence-electron chi connectivity index (χ2n) is 3.99. The fourth-order valence-electron chi connectivity index (χ4n) is 1.71. The molecule has 0 amide bonds.